The third-order valence-electron chi connectivity index (χ3n) is 1.94. The van der Waals surface area contributed by atoms with Crippen molar-refractivity contribution in [2.75, 3.05) is 19.5 Å². The molecule has 0 fully saturated rings. The Hall–Kier alpha value is -2.07. The number of esters is 2. The molecular formula is C13H14N2O4S. The van der Waals surface area contributed by atoms with Gasteiger partial charge in [0.25, 0.3) is 0 Å². The van der Waals surface area contributed by atoms with Crippen molar-refractivity contribution in [2.24, 2.45) is 0 Å². The third kappa shape index (κ3) is 4.90. The van der Waals surface area contributed by atoms with Crippen LogP contribution in [0.2, 0.25) is 0 Å². The van der Waals surface area contributed by atoms with Crippen LogP contribution in [0.15, 0.2) is 11.2 Å². The molecule has 0 unspecified atom stereocenters. The lowest BCUT2D eigenvalue weighted by molar-refractivity contribution is -0.136. The molecule has 1 aromatic rings. The smallest absolute Gasteiger partial charge is 0.384 e. The molecule has 0 spiro atoms. The van der Waals surface area contributed by atoms with Gasteiger partial charge in [-0.15, -0.1) is 0 Å². The van der Waals surface area contributed by atoms with E-state index in [1.54, 1.807) is 20.1 Å². The first kappa shape index (κ1) is 16.0. The highest BCUT2D eigenvalue weighted by atomic mass is 32.2. The van der Waals surface area contributed by atoms with E-state index in [2.05, 4.69) is 26.5 Å². The van der Waals surface area contributed by atoms with Gasteiger partial charge >= 0.3 is 11.9 Å². The van der Waals surface area contributed by atoms with Gasteiger partial charge in [0.1, 0.15) is 5.69 Å². The van der Waals surface area contributed by atoms with E-state index in [9.17, 15) is 9.59 Å². The van der Waals surface area contributed by atoms with Gasteiger partial charge in [-0.05, 0) is 26.0 Å². The second kappa shape index (κ2) is 8.17. The lowest BCUT2D eigenvalue weighted by Crippen LogP contribution is -2.09. The maximum absolute atomic E-state index is 11.6. The molecule has 0 aliphatic heterocycles. The van der Waals surface area contributed by atoms with Gasteiger partial charge in [0.15, 0.2) is 10.9 Å². The van der Waals surface area contributed by atoms with Gasteiger partial charge in [0, 0.05) is 12.0 Å². The number of hydrogen-bond acceptors (Lipinski definition) is 7. The minimum absolute atomic E-state index is 0.111. The van der Waals surface area contributed by atoms with Gasteiger partial charge in [-0.2, -0.15) is 0 Å². The number of thioether (sulfide) groups is 1. The van der Waals surface area contributed by atoms with Crippen LogP contribution in [0.4, 0.5) is 0 Å². The van der Waals surface area contributed by atoms with Gasteiger partial charge < -0.3 is 9.47 Å². The molecule has 0 bridgehead atoms. The van der Waals surface area contributed by atoms with Crippen LogP contribution in [0, 0.1) is 11.8 Å². The number of carbonyl (C=O) groups is 2. The fourth-order valence-corrected chi connectivity index (χ4v) is 1.55. The number of ether oxygens (including phenoxy) is 2. The van der Waals surface area contributed by atoms with Crippen molar-refractivity contribution in [3.8, 4) is 11.8 Å². The summed E-state index contributed by atoms with van der Waals surface area (Å²) in [5.41, 5.74) is 0.375. The summed E-state index contributed by atoms with van der Waals surface area (Å²) in [6.07, 6.45) is 1.77. The summed E-state index contributed by atoms with van der Waals surface area (Å²) in [5, 5.41) is 0.378. The van der Waals surface area contributed by atoms with Gasteiger partial charge in [-0.3, -0.25) is 0 Å². The normalized spacial score (nSPS) is 9.35. The second-order valence-electron chi connectivity index (χ2n) is 3.32. The number of hydrogen-bond donors (Lipinski definition) is 0. The largest absolute Gasteiger partial charge is 0.461 e. The predicted octanol–water partition coefficient (Wildman–Crippen LogP) is 1.29. The molecule has 0 aliphatic rings. The number of carbonyl (C=O) groups excluding carboxylic acids is 2. The summed E-state index contributed by atoms with van der Waals surface area (Å²) >= 11 is 1.26. The van der Waals surface area contributed by atoms with Crippen molar-refractivity contribution in [1.29, 1.82) is 0 Å². The van der Waals surface area contributed by atoms with E-state index in [1.807, 2.05) is 0 Å². The first-order valence-corrected chi connectivity index (χ1v) is 7.12. The van der Waals surface area contributed by atoms with Crippen LogP contribution in [0.3, 0.4) is 0 Å². The molecule has 1 rings (SSSR count). The maximum atomic E-state index is 11.6. The maximum Gasteiger partial charge on any atom is 0.384 e. The molecule has 0 radical (unpaired) electrons. The van der Waals surface area contributed by atoms with Crippen molar-refractivity contribution in [3.05, 3.63) is 17.5 Å². The van der Waals surface area contributed by atoms with Gasteiger partial charge in [0.05, 0.1) is 13.2 Å². The first-order valence-electron chi connectivity index (χ1n) is 5.89. The van der Waals surface area contributed by atoms with Gasteiger partial charge in [-0.1, -0.05) is 11.8 Å². The predicted molar refractivity (Wildman–Crippen MR) is 73.3 cm³/mol. The molecule has 6 nitrogen and oxygen atoms in total. The van der Waals surface area contributed by atoms with Crippen molar-refractivity contribution in [3.63, 3.8) is 0 Å². The topological polar surface area (TPSA) is 78.4 Å². The fraction of sp³-hybridized carbons (Fsp3) is 0.385. The summed E-state index contributed by atoms with van der Waals surface area (Å²) in [4.78, 5) is 30.9. The molecular weight excluding hydrogens is 280 g/mol. The second-order valence-corrected chi connectivity index (χ2v) is 4.09. The molecule has 0 atom stereocenters. The van der Waals surface area contributed by atoms with E-state index in [1.165, 1.54) is 17.8 Å². The average molecular weight is 294 g/mol. The Kier molecular flexibility index (Phi) is 6.53. The summed E-state index contributed by atoms with van der Waals surface area (Å²) in [6, 6.07) is 1.38. The molecule has 7 heteroatoms. The van der Waals surface area contributed by atoms with Gasteiger partial charge in [0.2, 0.25) is 0 Å². The molecule has 1 heterocycles. The third-order valence-corrected chi connectivity index (χ3v) is 2.49. The number of nitrogens with zero attached hydrogens (tertiary/aromatic N) is 2. The molecule has 0 saturated heterocycles. The average Bonchev–Trinajstić information content (AvgIpc) is 2.45. The Morgan fingerprint density at radius 2 is 1.95 bits per heavy atom. The standard InChI is InChI=1S/C13H14N2O4S/c1-4-18-11(16)7-6-9-8-10(12(17)19-5-2)15-13(14-9)20-3/h8H,4-5H2,1-3H3. The van der Waals surface area contributed by atoms with E-state index < -0.39 is 11.9 Å². The Morgan fingerprint density at radius 1 is 1.25 bits per heavy atom. The van der Waals surface area contributed by atoms with Crippen LogP contribution in [0.25, 0.3) is 0 Å². The Morgan fingerprint density at radius 3 is 2.55 bits per heavy atom. The Labute approximate surface area is 121 Å². The minimum Gasteiger partial charge on any atom is -0.461 e. The molecule has 1 aromatic heterocycles. The van der Waals surface area contributed by atoms with Crippen molar-refractivity contribution in [2.45, 2.75) is 19.0 Å². The van der Waals surface area contributed by atoms with E-state index in [0.717, 1.165) is 0 Å². The van der Waals surface area contributed by atoms with Gasteiger partial charge in [-0.25, -0.2) is 19.6 Å². The molecule has 0 N–H and O–H groups in total. The van der Waals surface area contributed by atoms with Crippen molar-refractivity contribution in [1.82, 2.24) is 9.97 Å². The van der Waals surface area contributed by atoms with Crippen LogP contribution < -0.4 is 0 Å². The van der Waals surface area contributed by atoms with E-state index in [-0.39, 0.29) is 24.6 Å². The van der Waals surface area contributed by atoms with Crippen LogP contribution in [-0.4, -0.2) is 41.4 Å². The molecule has 0 aromatic carbocycles. The number of aromatic nitrogens is 2. The number of rotatable bonds is 4. The SMILES string of the molecule is CCOC(=O)C#Cc1cc(C(=O)OCC)nc(SC)n1. The summed E-state index contributed by atoms with van der Waals surface area (Å²) in [5.74, 6) is 3.64. The molecule has 0 amide bonds. The zero-order valence-electron chi connectivity index (χ0n) is 11.4. The quantitative estimate of drug-likeness (QED) is 0.358. The lowest BCUT2D eigenvalue weighted by Gasteiger charge is -2.03. The minimum atomic E-state index is -0.644. The fourth-order valence-electron chi connectivity index (χ4n) is 1.17. The highest BCUT2D eigenvalue weighted by molar-refractivity contribution is 7.98. The van der Waals surface area contributed by atoms with Crippen LogP contribution in [0.5, 0.6) is 0 Å². The lowest BCUT2D eigenvalue weighted by atomic mass is 10.3. The zero-order chi connectivity index (χ0) is 15.0. The first-order chi connectivity index (χ1) is 9.60. The molecule has 20 heavy (non-hydrogen) atoms. The van der Waals surface area contributed by atoms with Crippen LogP contribution >= 0.6 is 11.8 Å². The summed E-state index contributed by atoms with van der Waals surface area (Å²) < 4.78 is 9.55. The highest BCUT2D eigenvalue weighted by Crippen LogP contribution is 2.11. The van der Waals surface area contributed by atoms with Crippen LogP contribution in [0.1, 0.15) is 30.0 Å². The zero-order valence-corrected chi connectivity index (χ0v) is 12.2. The van der Waals surface area contributed by atoms with E-state index in [0.29, 0.717) is 5.16 Å². The Balaban J connectivity index is 3.04. The molecule has 0 aliphatic carbocycles. The Bertz CT molecular complexity index is 563. The van der Waals surface area contributed by atoms with Crippen LogP contribution in [-0.2, 0) is 14.3 Å². The summed E-state index contributed by atoms with van der Waals surface area (Å²) in [6.45, 7) is 3.90. The monoisotopic (exact) mass is 294 g/mol. The van der Waals surface area contributed by atoms with E-state index in [4.69, 9.17) is 4.74 Å². The van der Waals surface area contributed by atoms with Crippen molar-refractivity contribution < 1.29 is 19.1 Å². The summed E-state index contributed by atoms with van der Waals surface area (Å²) in [7, 11) is 0. The van der Waals surface area contributed by atoms with E-state index >= 15 is 0 Å². The molecule has 0 saturated carbocycles. The van der Waals surface area contributed by atoms with Crippen molar-refractivity contribution >= 4 is 23.7 Å². The highest BCUT2D eigenvalue weighted by Gasteiger charge is 2.11. The molecule has 106 valence electrons.